The molecule has 1 aromatic rings. The van der Waals surface area contributed by atoms with Crippen LogP contribution in [0.1, 0.15) is 38.7 Å². The van der Waals surface area contributed by atoms with Gasteiger partial charge in [-0.2, -0.15) is 0 Å². The molecule has 1 saturated heterocycles. The number of amides is 2. The van der Waals surface area contributed by atoms with Crippen LogP contribution >= 0.6 is 0 Å². The van der Waals surface area contributed by atoms with Crippen molar-refractivity contribution < 1.29 is 9.59 Å². The predicted molar refractivity (Wildman–Crippen MR) is 86.3 cm³/mol. The van der Waals surface area contributed by atoms with Crippen molar-refractivity contribution in [3.05, 3.63) is 24.0 Å². The molecule has 0 aliphatic carbocycles. The first-order valence-electron chi connectivity index (χ1n) is 8.33. The number of hydrogen-bond donors (Lipinski definition) is 1. The van der Waals surface area contributed by atoms with Gasteiger partial charge in [0.05, 0.1) is 6.42 Å². The molecular weight excluding hydrogens is 278 g/mol. The molecule has 0 radical (unpaired) electrons. The van der Waals surface area contributed by atoms with Crippen molar-refractivity contribution >= 4 is 11.8 Å². The van der Waals surface area contributed by atoms with E-state index in [9.17, 15) is 9.59 Å². The Bertz CT molecular complexity index is 480. The standard InChI is InChI=1S/C17H27N3O2/c1-3-15(4-2)17(22)20-9-5-8-19(10-11-20)16(21)12-14-6-7-18-13-14/h6-7,13,15,18H,3-5,8-12H2,1-2H3. The molecule has 2 rings (SSSR count). The number of H-pyrrole nitrogens is 1. The molecule has 1 N–H and O–H groups in total. The normalized spacial score (nSPS) is 16.0. The number of rotatable bonds is 5. The Balaban J connectivity index is 1.89. The molecule has 0 aromatic carbocycles. The van der Waals surface area contributed by atoms with Crippen molar-refractivity contribution in [3.63, 3.8) is 0 Å². The number of nitrogens with zero attached hydrogens (tertiary/aromatic N) is 2. The minimum Gasteiger partial charge on any atom is -0.367 e. The summed E-state index contributed by atoms with van der Waals surface area (Å²) in [7, 11) is 0. The number of nitrogens with one attached hydrogen (secondary N) is 1. The molecule has 5 heteroatoms. The first kappa shape index (κ1) is 16.6. The van der Waals surface area contributed by atoms with E-state index in [2.05, 4.69) is 18.8 Å². The van der Waals surface area contributed by atoms with Gasteiger partial charge in [0.1, 0.15) is 0 Å². The largest absolute Gasteiger partial charge is 0.367 e. The lowest BCUT2D eigenvalue weighted by Gasteiger charge is -2.25. The van der Waals surface area contributed by atoms with Gasteiger partial charge in [0, 0.05) is 44.5 Å². The number of carbonyl (C=O) groups excluding carboxylic acids is 2. The first-order chi connectivity index (χ1) is 10.7. The Kier molecular flexibility index (Phi) is 6.04. The second-order valence-corrected chi connectivity index (χ2v) is 5.97. The third-order valence-corrected chi connectivity index (χ3v) is 4.51. The van der Waals surface area contributed by atoms with Crippen LogP contribution in [0.3, 0.4) is 0 Å². The van der Waals surface area contributed by atoms with Crippen molar-refractivity contribution in [1.82, 2.24) is 14.8 Å². The van der Waals surface area contributed by atoms with Crippen LogP contribution in [-0.2, 0) is 16.0 Å². The van der Waals surface area contributed by atoms with Gasteiger partial charge >= 0.3 is 0 Å². The van der Waals surface area contributed by atoms with Crippen LogP contribution in [0.25, 0.3) is 0 Å². The van der Waals surface area contributed by atoms with E-state index in [1.807, 2.05) is 28.3 Å². The third kappa shape index (κ3) is 4.12. The Morgan fingerprint density at radius 2 is 1.82 bits per heavy atom. The molecule has 0 bridgehead atoms. The van der Waals surface area contributed by atoms with Gasteiger partial charge < -0.3 is 14.8 Å². The summed E-state index contributed by atoms with van der Waals surface area (Å²) in [5.74, 6) is 0.531. The summed E-state index contributed by atoms with van der Waals surface area (Å²) in [4.78, 5) is 31.6. The molecule has 1 aliphatic heterocycles. The highest BCUT2D eigenvalue weighted by Gasteiger charge is 2.25. The maximum absolute atomic E-state index is 12.5. The van der Waals surface area contributed by atoms with Crippen LogP contribution in [0.5, 0.6) is 0 Å². The Morgan fingerprint density at radius 1 is 1.14 bits per heavy atom. The number of aromatic nitrogens is 1. The molecule has 2 heterocycles. The molecule has 1 aromatic heterocycles. The van der Waals surface area contributed by atoms with Gasteiger partial charge in [-0.25, -0.2) is 0 Å². The van der Waals surface area contributed by atoms with Gasteiger partial charge in [-0.3, -0.25) is 9.59 Å². The van der Waals surface area contributed by atoms with E-state index in [0.717, 1.165) is 37.9 Å². The number of aromatic amines is 1. The molecule has 0 saturated carbocycles. The van der Waals surface area contributed by atoms with Crippen LogP contribution in [0, 0.1) is 5.92 Å². The zero-order valence-corrected chi connectivity index (χ0v) is 13.7. The quantitative estimate of drug-likeness (QED) is 0.905. The van der Waals surface area contributed by atoms with Crippen molar-refractivity contribution in [1.29, 1.82) is 0 Å². The van der Waals surface area contributed by atoms with E-state index < -0.39 is 0 Å². The fourth-order valence-corrected chi connectivity index (χ4v) is 3.04. The lowest BCUT2D eigenvalue weighted by Crippen LogP contribution is -2.40. The predicted octanol–water partition coefficient (Wildman–Crippen LogP) is 2.05. The highest BCUT2D eigenvalue weighted by Crippen LogP contribution is 2.14. The van der Waals surface area contributed by atoms with Crippen molar-refractivity contribution in [2.24, 2.45) is 5.92 Å². The molecule has 1 fully saturated rings. The lowest BCUT2D eigenvalue weighted by molar-refractivity contribution is -0.136. The second-order valence-electron chi connectivity index (χ2n) is 5.97. The Hall–Kier alpha value is -1.78. The van der Waals surface area contributed by atoms with E-state index in [1.165, 1.54) is 0 Å². The van der Waals surface area contributed by atoms with E-state index in [0.29, 0.717) is 19.5 Å². The zero-order chi connectivity index (χ0) is 15.9. The van der Waals surface area contributed by atoms with E-state index in [4.69, 9.17) is 0 Å². The molecule has 1 aliphatic rings. The Labute approximate surface area is 132 Å². The van der Waals surface area contributed by atoms with Crippen LogP contribution < -0.4 is 0 Å². The molecule has 22 heavy (non-hydrogen) atoms. The van der Waals surface area contributed by atoms with Gasteiger partial charge in [-0.05, 0) is 30.9 Å². The van der Waals surface area contributed by atoms with Crippen molar-refractivity contribution in [2.75, 3.05) is 26.2 Å². The van der Waals surface area contributed by atoms with E-state index in [1.54, 1.807) is 0 Å². The maximum Gasteiger partial charge on any atom is 0.227 e. The van der Waals surface area contributed by atoms with Crippen LogP contribution in [0.15, 0.2) is 18.5 Å². The average molecular weight is 305 g/mol. The smallest absolute Gasteiger partial charge is 0.227 e. The summed E-state index contributed by atoms with van der Waals surface area (Å²) in [5.41, 5.74) is 1.01. The lowest BCUT2D eigenvalue weighted by atomic mass is 10.0. The summed E-state index contributed by atoms with van der Waals surface area (Å²) >= 11 is 0. The van der Waals surface area contributed by atoms with Crippen molar-refractivity contribution in [2.45, 2.75) is 39.5 Å². The van der Waals surface area contributed by atoms with Gasteiger partial charge in [-0.1, -0.05) is 13.8 Å². The molecule has 122 valence electrons. The topological polar surface area (TPSA) is 56.4 Å². The average Bonchev–Trinajstić information content (AvgIpc) is 2.89. The zero-order valence-electron chi connectivity index (χ0n) is 13.7. The summed E-state index contributed by atoms with van der Waals surface area (Å²) in [6.45, 7) is 6.95. The minimum atomic E-state index is 0.127. The fraction of sp³-hybridized carbons (Fsp3) is 0.647. The van der Waals surface area contributed by atoms with Crippen molar-refractivity contribution in [3.8, 4) is 0 Å². The summed E-state index contributed by atoms with van der Waals surface area (Å²) < 4.78 is 0. The third-order valence-electron chi connectivity index (χ3n) is 4.51. The molecule has 0 atom stereocenters. The summed E-state index contributed by atoms with van der Waals surface area (Å²) in [6, 6.07) is 1.93. The minimum absolute atomic E-state index is 0.127. The summed E-state index contributed by atoms with van der Waals surface area (Å²) in [5, 5.41) is 0. The molecule has 5 nitrogen and oxygen atoms in total. The van der Waals surface area contributed by atoms with Gasteiger partial charge in [0.15, 0.2) is 0 Å². The van der Waals surface area contributed by atoms with E-state index in [-0.39, 0.29) is 17.7 Å². The van der Waals surface area contributed by atoms with Gasteiger partial charge in [0.2, 0.25) is 11.8 Å². The number of hydrogen-bond acceptors (Lipinski definition) is 2. The highest BCUT2D eigenvalue weighted by molar-refractivity contribution is 5.80. The van der Waals surface area contributed by atoms with Gasteiger partial charge in [-0.15, -0.1) is 0 Å². The first-order valence-corrected chi connectivity index (χ1v) is 8.33. The monoisotopic (exact) mass is 305 g/mol. The fourth-order valence-electron chi connectivity index (χ4n) is 3.04. The summed E-state index contributed by atoms with van der Waals surface area (Å²) in [6.07, 6.45) is 6.78. The van der Waals surface area contributed by atoms with E-state index >= 15 is 0 Å². The molecule has 2 amide bonds. The molecule has 0 unspecified atom stereocenters. The number of carbonyl (C=O) groups is 2. The molecule has 0 spiro atoms. The Morgan fingerprint density at radius 3 is 2.45 bits per heavy atom. The highest BCUT2D eigenvalue weighted by atomic mass is 16.2. The van der Waals surface area contributed by atoms with Crippen LogP contribution in [0.4, 0.5) is 0 Å². The van der Waals surface area contributed by atoms with Gasteiger partial charge in [0.25, 0.3) is 0 Å². The maximum atomic E-state index is 12.5. The second kappa shape index (κ2) is 8.01. The van der Waals surface area contributed by atoms with Crippen LogP contribution in [0.2, 0.25) is 0 Å². The molecular formula is C17H27N3O2. The SMILES string of the molecule is CCC(CC)C(=O)N1CCCN(C(=O)Cc2cc[nH]c2)CC1. The van der Waals surface area contributed by atoms with Crippen LogP contribution in [-0.4, -0.2) is 52.8 Å².